The number of fused-ring (bicyclic) bond motifs is 1. The molecule has 0 radical (unpaired) electrons. The van der Waals surface area contributed by atoms with Crippen molar-refractivity contribution in [2.75, 3.05) is 7.11 Å². The molecule has 1 aromatic carbocycles. The van der Waals surface area contributed by atoms with Gasteiger partial charge in [-0.1, -0.05) is 37.2 Å². The predicted octanol–water partition coefficient (Wildman–Crippen LogP) is 2.85. The fourth-order valence-electron chi connectivity index (χ4n) is 2.12. The van der Waals surface area contributed by atoms with Crippen molar-refractivity contribution in [3.63, 3.8) is 0 Å². The van der Waals surface area contributed by atoms with Crippen LogP contribution in [-0.2, 0) is 16.1 Å². The largest absolute Gasteiger partial charge is 0.468 e. The van der Waals surface area contributed by atoms with Crippen LogP contribution in [0.25, 0.3) is 10.9 Å². The maximum atomic E-state index is 12.7. The van der Waals surface area contributed by atoms with Crippen LogP contribution in [0.1, 0.15) is 26.7 Å². The van der Waals surface area contributed by atoms with E-state index in [1.54, 1.807) is 17.6 Å². The van der Waals surface area contributed by atoms with E-state index in [2.05, 4.69) is 11.9 Å². The van der Waals surface area contributed by atoms with Gasteiger partial charge in [-0.25, -0.2) is 4.98 Å². The summed E-state index contributed by atoms with van der Waals surface area (Å²) in [6.07, 6.45) is 1.87. The summed E-state index contributed by atoms with van der Waals surface area (Å²) in [5, 5.41) is 0.759. The van der Waals surface area contributed by atoms with E-state index in [1.165, 1.54) is 18.9 Å². The van der Waals surface area contributed by atoms with Gasteiger partial charge in [-0.05, 0) is 25.5 Å². The first-order chi connectivity index (χ1) is 10.6. The molecule has 1 heterocycles. The van der Waals surface area contributed by atoms with Crippen molar-refractivity contribution in [1.29, 1.82) is 0 Å². The number of carbonyl (C=O) groups is 1. The first kappa shape index (κ1) is 16.5. The van der Waals surface area contributed by atoms with Gasteiger partial charge in [0.05, 0.1) is 18.0 Å². The number of esters is 1. The highest BCUT2D eigenvalue weighted by atomic mass is 32.2. The summed E-state index contributed by atoms with van der Waals surface area (Å²) in [4.78, 5) is 28.9. The number of benzene rings is 1. The fraction of sp³-hybridized carbons (Fsp3) is 0.438. The summed E-state index contributed by atoms with van der Waals surface area (Å²) < 4.78 is 6.41. The van der Waals surface area contributed by atoms with E-state index in [0.29, 0.717) is 22.6 Å². The lowest BCUT2D eigenvalue weighted by Gasteiger charge is -2.15. The Morgan fingerprint density at radius 3 is 2.82 bits per heavy atom. The minimum Gasteiger partial charge on any atom is -0.468 e. The molecule has 5 nitrogen and oxygen atoms in total. The van der Waals surface area contributed by atoms with E-state index in [9.17, 15) is 9.59 Å². The Hall–Kier alpha value is -1.82. The molecule has 0 aliphatic heterocycles. The minimum absolute atomic E-state index is 0.0568. The molecular weight excluding hydrogens is 300 g/mol. The van der Waals surface area contributed by atoms with Crippen LogP contribution < -0.4 is 5.56 Å². The molecule has 1 atom stereocenters. The Labute approximate surface area is 133 Å². The molecule has 0 amide bonds. The van der Waals surface area contributed by atoms with Gasteiger partial charge < -0.3 is 4.74 Å². The van der Waals surface area contributed by atoms with Crippen molar-refractivity contribution in [2.24, 2.45) is 0 Å². The number of nitrogens with zero attached hydrogens (tertiary/aromatic N) is 2. The van der Waals surface area contributed by atoms with E-state index in [1.807, 2.05) is 18.2 Å². The second-order valence-electron chi connectivity index (χ2n) is 5.01. The number of rotatable bonds is 6. The maximum Gasteiger partial charge on any atom is 0.318 e. The summed E-state index contributed by atoms with van der Waals surface area (Å²) in [6, 6.07) is 7.28. The zero-order chi connectivity index (χ0) is 16.1. The van der Waals surface area contributed by atoms with Crippen molar-refractivity contribution in [3.05, 3.63) is 34.6 Å². The van der Waals surface area contributed by atoms with Crippen molar-refractivity contribution in [2.45, 2.75) is 43.6 Å². The molecule has 6 heteroatoms. The van der Waals surface area contributed by atoms with Crippen LogP contribution in [0, 0.1) is 0 Å². The van der Waals surface area contributed by atoms with Crippen LogP contribution in [0.4, 0.5) is 0 Å². The van der Waals surface area contributed by atoms with Gasteiger partial charge in [0.25, 0.3) is 5.56 Å². The molecule has 0 bridgehead atoms. The maximum absolute atomic E-state index is 12.7. The lowest BCUT2D eigenvalue weighted by molar-refractivity contribution is -0.139. The van der Waals surface area contributed by atoms with Crippen LogP contribution in [-0.4, -0.2) is 27.9 Å². The molecule has 1 unspecified atom stereocenters. The number of methoxy groups -OCH3 is 1. The number of carbonyl (C=O) groups excluding carboxylic acids is 1. The number of aromatic nitrogens is 2. The highest BCUT2D eigenvalue weighted by molar-refractivity contribution is 8.00. The van der Waals surface area contributed by atoms with Gasteiger partial charge in [-0.3, -0.25) is 14.2 Å². The second-order valence-corrected chi connectivity index (χ2v) is 6.31. The molecule has 1 aromatic heterocycles. The number of thioether (sulfide) groups is 1. The van der Waals surface area contributed by atoms with Crippen molar-refractivity contribution in [3.8, 4) is 0 Å². The molecule has 118 valence electrons. The van der Waals surface area contributed by atoms with Gasteiger partial charge in [-0.15, -0.1) is 0 Å². The van der Waals surface area contributed by atoms with Gasteiger partial charge in [-0.2, -0.15) is 0 Å². The van der Waals surface area contributed by atoms with Gasteiger partial charge in [0.15, 0.2) is 5.16 Å². The molecule has 0 fully saturated rings. The standard InChI is InChI=1S/C16H20N2O3S/c1-4-5-10-18-14(19)12-8-6-7-9-13(12)17-16(18)22-11(2)15(20)21-3/h6-9,11H,4-5,10H2,1-3H3. The Kier molecular flexibility index (Phi) is 5.60. The summed E-state index contributed by atoms with van der Waals surface area (Å²) in [5.74, 6) is -0.325. The van der Waals surface area contributed by atoms with Gasteiger partial charge in [0.1, 0.15) is 5.25 Å². The first-order valence-electron chi connectivity index (χ1n) is 7.32. The van der Waals surface area contributed by atoms with Crippen LogP contribution in [0.2, 0.25) is 0 Å². The molecule has 2 rings (SSSR count). The highest BCUT2D eigenvalue weighted by Gasteiger charge is 2.19. The Bertz CT molecular complexity index is 727. The third-order valence-corrected chi connectivity index (χ3v) is 4.45. The molecule has 0 saturated carbocycles. The average molecular weight is 320 g/mol. The van der Waals surface area contributed by atoms with E-state index in [-0.39, 0.29) is 11.5 Å². The fourth-order valence-corrected chi connectivity index (χ4v) is 3.08. The summed E-state index contributed by atoms with van der Waals surface area (Å²) >= 11 is 1.26. The Morgan fingerprint density at radius 1 is 1.41 bits per heavy atom. The van der Waals surface area contributed by atoms with Crippen LogP contribution in [0.5, 0.6) is 0 Å². The normalized spacial score (nSPS) is 12.3. The predicted molar refractivity (Wildman–Crippen MR) is 88.2 cm³/mol. The molecule has 0 N–H and O–H groups in total. The van der Waals surface area contributed by atoms with Crippen molar-refractivity contribution < 1.29 is 9.53 Å². The number of hydrogen-bond donors (Lipinski definition) is 0. The summed E-state index contributed by atoms with van der Waals surface area (Å²) in [5.41, 5.74) is 0.596. The SMILES string of the molecule is CCCCn1c(SC(C)C(=O)OC)nc2ccccc2c1=O. The quantitative estimate of drug-likeness (QED) is 0.465. The smallest absolute Gasteiger partial charge is 0.318 e. The van der Waals surface area contributed by atoms with Crippen LogP contribution >= 0.6 is 11.8 Å². The average Bonchev–Trinajstić information content (AvgIpc) is 2.53. The van der Waals surface area contributed by atoms with Crippen molar-refractivity contribution >= 4 is 28.6 Å². The Morgan fingerprint density at radius 2 is 2.14 bits per heavy atom. The molecular formula is C16H20N2O3S. The van der Waals surface area contributed by atoms with Crippen LogP contribution in [0.3, 0.4) is 0 Å². The number of unbranched alkanes of at least 4 members (excludes halogenated alkanes) is 1. The zero-order valence-corrected chi connectivity index (χ0v) is 13.9. The van der Waals surface area contributed by atoms with Gasteiger partial charge >= 0.3 is 5.97 Å². The van der Waals surface area contributed by atoms with Gasteiger partial charge in [0, 0.05) is 6.54 Å². The van der Waals surface area contributed by atoms with E-state index < -0.39 is 5.25 Å². The van der Waals surface area contributed by atoms with Gasteiger partial charge in [0.2, 0.25) is 0 Å². The summed E-state index contributed by atoms with van der Waals surface area (Å²) in [7, 11) is 1.36. The van der Waals surface area contributed by atoms with E-state index in [4.69, 9.17) is 4.74 Å². The number of para-hydroxylation sites is 1. The van der Waals surface area contributed by atoms with E-state index >= 15 is 0 Å². The van der Waals surface area contributed by atoms with Crippen LogP contribution in [0.15, 0.2) is 34.2 Å². The third kappa shape index (κ3) is 3.50. The molecule has 0 aliphatic rings. The molecule has 0 saturated heterocycles. The number of hydrogen-bond acceptors (Lipinski definition) is 5. The lowest BCUT2D eigenvalue weighted by Crippen LogP contribution is -2.25. The monoisotopic (exact) mass is 320 g/mol. The molecule has 22 heavy (non-hydrogen) atoms. The minimum atomic E-state index is -0.411. The van der Waals surface area contributed by atoms with E-state index in [0.717, 1.165) is 12.8 Å². The Balaban J connectivity index is 2.49. The topological polar surface area (TPSA) is 61.2 Å². The van der Waals surface area contributed by atoms with Crippen molar-refractivity contribution in [1.82, 2.24) is 9.55 Å². The molecule has 0 spiro atoms. The zero-order valence-electron chi connectivity index (χ0n) is 13.0. The number of ether oxygens (including phenoxy) is 1. The molecule has 0 aliphatic carbocycles. The lowest BCUT2D eigenvalue weighted by atomic mass is 10.2. The first-order valence-corrected chi connectivity index (χ1v) is 8.20. The summed E-state index contributed by atoms with van der Waals surface area (Å²) in [6.45, 7) is 4.43. The second kappa shape index (κ2) is 7.45. The highest BCUT2D eigenvalue weighted by Crippen LogP contribution is 2.23. The third-order valence-electron chi connectivity index (χ3n) is 3.38. The molecule has 2 aromatic rings.